The third-order valence-electron chi connectivity index (χ3n) is 6.64. The number of likely N-dealkylation sites (tertiary alicyclic amines) is 1. The van der Waals surface area contributed by atoms with Gasteiger partial charge in [-0.15, -0.1) is 0 Å². The Morgan fingerprint density at radius 3 is 2.22 bits per heavy atom. The van der Waals surface area contributed by atoms with Crippen molar-refractivity contribution in [2.75, 3.05) is 38.0 Å². The molecule has 9 nitrogen and oxygen atoms in total. The number of carbonyl (C=O) groups excluding carboxylic acids is 4. The van der Waals surface area contributed by atoms with Gasteiger partial charge in [0.05, 0.1) is 17.3 Å². The first-order valence-electron chi connectivity index (χ1n) is 14.0. The minimum Gasteiger partial charge on any atom is -0.350 e. The van der Waals surface area contributed by atoms with Crippen molar-refractivity contribution in [2.24, 2.45) is 5.73 Å². The third-order valence-corrected chi connectivity index (χ3v) is 7.10. The molecule has 41 heavy (non-hydrogen) atoms. The van der Waals surface area contributed by atoms with Crippen molar-refractivity contribution in [3.05, 3.63) is 63.9 Å². The van der Waals surface area contributed by atoms with Crippen LogP contribution in [0.5, 0.6) is 0 Å². The van der Waals surface area contributed by atoms with Crippen molar-refractivity contribution in [1.29, 1.82) is 0 Å². The summed E-state index contributed by atoms with van der Waals surface area (Å²) >= 11 is 5.67. The number of hydrogen-bond acceptors (Lipinski definition) is 5. The Hall–Kier alpha value is -3.50. The topological polar surface area (TPSA) is 125 Å². The summed E-state index contributed by atoms with van der Waals surface area (Å²) in [5.41, 5.74) is 8.01. The highest BCUT2D eigenvalue weighted by atomic mass is 35.5. The van der Waals surface area contributed by atoms with E-state index in [0.29, 0.717) is 31.4 Å². The van der Waals surface area contributed by atoms with E-state index in [0.717, 1.165) is 45.4 Å². The molecule has 0 spiro atoms. The fraction of sp³-hybridized carbons (Fsp3) is 0.467. The zero-order valence-electron chi connectivity index (χ0n) is 23.9. The number of nitrogens with one attached hydrogen (secondary N) is 2. The maximum Gasteiger partial charge on any atom is 0.243 e. The van der Waals surface area contributed by atoms with Gasteiger partial charge in [-0.05, 0) is 61.9 Å². The molecule has 2 aromatic rings. The van der Waals surface area contributed by atoms with Crippen LogP contribution in [0.2, 0.25) is 5.02 Å². The van der Waals surface area contributed by atoms with E-state index in [2.05, 4.69) is 22.8 Å². The van der Waals surface area contributed by atoms with Gasteiger partial charge in [0, 0.05) is 39.0 Å². The molecule has 4 amide bonds. The number of nitrogens with zero attached hydrogens (tertiary/aromatic N) is 2. The van der Waals surface area contributed by atoms with Crippen LogP contribution in [-0.4, -0.2) is 66.7 Å². The first-order valence-corrected chi connectivity index (χ1v) is 14.3. The Balaban J connectivity index is 0.000000274. The number of rotatable bonds is 7. The predicted octanol–water partition coefficient (Wildman–Crippen LogP) is 3.80. The molecule has 11 heteroatoms. The number of anilines is 1. The second-order valence-corrected chi connectivity index (χ2v) is 10.2. The number of nitrogens with two attached hydrogens (primary N) is 1. The smallest absolute Gasteiger partial charge is 0.243 e. The second-order valence-electron chi connectivity index (χ2n) is 9.79. The highest BCUT2D eigenvalue weighted by Crippen LogP contribution is 2.25. The van der Waals surface area contributed by atoms with E-state index in [1.165, 1.54) is 23.6 Å². The SMILES string of the molecule is CCN.Cc1ccc(NC(=O)CNC=O)c(F)c1Cl.O=C(CCC(=O)N1CCc2ccccc2C1)N1CCCCC1. The number of aryl methyl sites for hydroxylation is 1. The molecule has 0 atom stereocenters. The first-order chi connectivity index (χ1) is 19.7. The summed E-state index contributed by atoms with van der Waals surface area (Å²) in [5.74, 6) is -0.947. The molecular weight excluding hydrogens is 549 g/mol. The molecule has 1 fully saturated rings. The van der Waals surface area contributed by atoms with Gasteiger partial charge in [0.15, 0.2) is 5.82 Å². The molecular formula is C30H41ClFN5O4. The second kappa shape index (κ2) is 18.0. The molecule has 0 radical (unpaired) electrons. The highest BCUT2D eigenvalue weighted by molar-refractivity contribution is 6.31. The van der Waals surface area contributed by atoms with Gasteiger partial charge >= 0.3 is 0 Å². The largest absolute Gasteiger partial charge is 0.350 e. The van der Waals surface area contributed by atoms with Gasteiger partial charge in [0.2, 0.25) is 24.1 Å². The Morgan fingerprint density at radius 1 is 0.976 bits per heavy atom. The summed E-state index contributed by atoms with van der Waals surface area (Å²) in [6, 6.07) is 11.3. The van der Waals surface area contributed by atoms with Crippen LogP contribution >= 0.6 is 11.6 Å². The average molecular weight is 590 g/mol. The minimum atomic E-state index is -0.680. The van der Waals surface area contributed by atoms with Gasteiger partial charge in [-0.1, -0.05) is 48.9 Å². The molecule has 2 heterocycles. The quantitative estimate of drug-likeness (QED) is 0.424. The maximum atomic E-state index is 13.5. The molecule has 4 N–H and O–H groups in total. The summed E-state index contributed by atoms with van der Waals surface area (Å²) in [4.78, 5) is 49.4. The van der Waals surface area contributed by atoms with Crippen LogP contribution in [0.15, 0.2) is 36.4 Å². The zero-order chi connectivity index (χ0) is 30.2. The molecule has 0 saturated carbocycles. The molecule has 1 saturated heterocycles. The van der Waals surface area contributed by atoms with Crippen LogP contribution in [0.3, 0.4) is 0 Å². The van der Waals surface area contributed by atoms with Gasteiger partial charge in [0.1, 0.15) is 0 Å². The molecule has 2 aromatic carbocycles. The van der Waals surface area contributed by atoms with Crippen molar-refractivity contribution in [2.45, 2.75) is 58.9 Å². The minimum absolute atomic E-state index is 0.00620. The standard InChI is InChI=1S/C18H24N2O2.C10H10ClFN2O2.C2H7N/c21-17(19-11-4-1-5-12-19)8-9-18(22)20-13-10-15-6-2-3-7-16(15)14-20;1-6-2-3-7(10(12)9(6)11)14-8(16)4-13-5-15;1-2-3/h2-3,6-7H,1,4-5,8-14H2;2-3,5H,4H2,1H3,(H,13,15)(H,14,16);2-3H2,1H3. The number of fused-ring (bicyclic) bond motifs is 1. The fourth-order valence-corrected chi connectivity index (χ4v) is 4.62. The van der Waals surface area contributed by atoms with Crippen molar-refractivity contribution in [3.63, 3.8) is 0 Å². The molecule has 4 rings (SSSR count). The van der Waals surface area contributed by atoms with Crippen molar-refractivity contribution < 1.29 is 23.6 Å². The van der Waals surface area contributed by atoms with Gasteiger partial charge in [-0.3, -0.25) is 19.2 Å². The molecule has 0 aliphatic carbocycles. The number of carbonyl (C=O) groups is 4. The molecule has 2 aliphatic rings. The van der Waals surface area contributed by atoms with Crippen LogP contribution in [0.1, 0.15) is 55.7 Å². The third kappa shape index (κ3) is 11.1. The Labute approximate surface area is 246 Å². The lowest BCUT2D eigenvalue weighted by molar-refractivity contribution is -0.138. The van der Waals surface area contributed by atoms with Crippen LogP contribution in [0.25, 0.3) is 0 Å². The Morgan fingerprint density at radius 2 is 1.59 bits per heavy atom. The molecule has 0 bridgehead atoms. The summed E-state index contributed by atoms with van der Waals surface area (Å²) in [6.45, 7) is 7.29. The Kier molecular flexibility index (Phi) is 14.8. The van der Waals surface area contributed by atoms with Crippen molar-refractivity contribution in [3.8, 4) is 0 Å². The number of halogens is 2. The van der Waals surface area contributed by atoms with E-state index in [-0.39, 0.29) is 29.1 Å². The van der Waals surface area contributed by atoms with E-state index < -0.39 is 11.7 Å². The lowest BCUT2D eigenvalue weighted by Crippen LogP contribution is -2.38. The number of hydrogen-bond donors (Lipinski definition) is 3. The predicted molar refractivity (Wildman–Crippen MR) is 159 cm³/mol. The normalized spacial score (nSPS) is 13.9. The van der Waals surface area contributed by atoms with Crippen molar-refractivity contribution in [1.82, 2.24) is 15.1 Å². The van der Waals surface area contributed by atoms with E-state index in [4.69, 9.17) is 17.3 Å². The van der Waals surface area contributed by atoms with Crippen LogP contribution < -0.4 is 16.4 Å². The Bertz CT molecular complexity index is 1170. The lowest BCUT2D eigenvalue weighted by atomic mass is 9.99. The van der Waals surface area contributed by atoms with Gasteiger partial charge in [-0.25, -0.2) is 4.39 Å². The number of amides is 4. The number of benzene rings is 2. The lowest BCUT2D eigenvalue weighted by Gasteiger charge is -2.30. The highest BCUT2D eigenvalue weighted by Gasteiger charge is 2.22. The van der Waals surface area contributed by atoms with Gasteiger partial charge in [-0.2, -0.15) is 0 Å². The first kappa shape index (κ1) is 33.7. The molecule has 2 aliphatic heterocycles. The summed E-state index contributed by atoms with van der Waals surface area (Å²) < 4.78 is 13.5. The van der Waals surface area contributed by atoms with E-state index >= 15 is 0 Å². The van der Waals surface area contributed by atoms with Crippen molar-refractivity contribution >= 4 is 41.4 Å². The molecule has 0 aromatic heterocycles. The van der Waals surface area contributed by atoms with E-state index in [1.807, 2.05) is 28.9 Å². The summed E-state index contributed by atoms with van der Waals surface area (Å²) in [6.07, 6.45) is 5.43. The van der Waals surface area contributed by atoms with E-state index in [1.54, 1.807) is 13.0 Å². The summed E-state index contributed by atoms with van der Waals surface area (Å²) in [5, 5.41) is 4.43. The van der Waals surface area contributed by atoms with Gasteiger partial charge < -0.3 is 26.2 Å². The number of piperidine rings is 1. The van der Waals surface area contributed by atoms with Crippen LogP contribution in [-0.2, 0) is 32.1 Å². The average Bonchev–Trinajstić information content (AvgIpc) is 3.00. The zero-order valence-corrected chi connectivity index (χ0v) is 24.6. The monoisotopic (exact) mass is 589 g/mol. The van der Waals surface area contributed by atoms with Gasteiger partial charge in [0.25, 0.3) is 0 Å². The fourth-order valence-electron chi connectivity index (χ4n) is 4.45. The maximum absolute atomic E-state index is 13.5. The van der Waals surface area contributed by atoms with Crippen LogP contribution in [0, 0.1) is 12.7 Å². The van der Waals surface area contributed by atoms with Crippen LogP contribution in [0.4, 0.5) is 10.1 Å². The summed E-state index contributed by atoms with van der Waals surface area (Å²) in [7, 11) is 0. The van der Waals surface area contributed by atoms with E-state index in [9.17, 15) is 23.6 Å². The molecule has 224 valence electrons. The molecule has 0 unspecified atom stereocenters.